The van der Waals surface area contributed by atoms with Gasteiger partial charge in [0.25, 0.3) is 0 Å². The van der Waals surface area contributed by atoms with E-state index < -0.39 is 0 Å². The fraction of sp³-hybridized carbons (Fsp3) is 0.0645. The maximum atomic E-state index is 2.38. The number of nitrogens with zero attached hydrogens (tertiary/aromatic N) is 2. The molecule has 0 N–H and O–H groups in total. The van der Waals surface area contributed by atoms with Crippen molar-refractivity contribution >= 4 is 55.7 Å². The Balaban J connectivity index is 0.927. The minimum atomic E-state index is 0.587. The molecule has 0 spiro atoms. The quantitative estimate of drug-likeness (QED) is 0.100. The summed E-state index contributed by atoms with van der Waals surface area (Å²) in [6.45, 7) is 0. The zero-order chi connectivity index (χ0) is 42.7. The van der Waals surface area contributed by atoms with Crippen molar-refractivity contribution in [2.75, 3.05) is 9.80 Å². The highest BCUT2D eigenvalue weighted by atomic mass is 15.1. The molecule has 1 aliphatic carbocycles. The Bertz CT molecular complexity index is 3190. The lowest BCUT2D eigenvalue weighted by molar-refractivity contribution is 0.617. The molecule has 11 rings (SSSR count). The van der Waals surface area contributed by atoms with Crippen LogP contribution in [0.25, 0.3) is 54.9 Å². The van der Waals surface area contributed by atoms with Gasteiger partial charge in [-0.25, -0.2) is 0 Å². The van der Waals surface area contributed by atoms with Crippen molar-refractivity contribution in [1.29, 1.82) is 0 Å². The minimum absolute atomic E-state index is 0.587. The summed E-state index contributed by atoms with van der Waals surface area (Å²) in [6, 6.07) is 86.4. The maximum absolute atomic E-state index is 2.38. The second kappa shape index (κ2) is 17.4. The predicted molar refractivity (Wildman–Crippen MR) is 273 cm³/mol. The van der Waals surface area contributed by atoms with Crippen molar-refractivity contribution in [2.24, 2.45) is 0 Å². The van der Waals surface area contributed by atoms with Crippen LogP contribution < -0.4 is 9.80 Å². The first-order chi connectivity index (χ1) is 31.7. The van der Waals surface area contributed by atoms with Gasteiger partial charge in [-0.15, -0.1) is 0 Å². The second-order valence-corrected chi connectivity index (χ2v) is 16.9. The van der Waals surface area contributed by atoms with Crippen molar-refractivity contribution in [2.45, 2.75) is 25.2 Å². The number of allylic oxidation sites excluding steroid dienone is 2. The maximum Gasteiger partial charge on any atom is 0.0468 e. The van der Waals surface area contributed by atoms with Crippen molar-refractivity contribution in [1.82, 2.24) is 0 Å². The van der Waals surface area contributed by atoms with Crippen molar-refractivity contribution in [3.63, 3.8) is 0 Å². The third-order valence-corrected chi connectivity index (χ3v) is 12.9. The van der Waals surface area contributed by atoms with Crippen molar-refractivity contribution < 1.29 is 0 Å². The summed E-state index contributed by atoms with van der Waals surface area (Å²) < 4.78 is 0. The average molecular weight is 821 g/mol. The molecular weight excluding hydrogens is 773 g/mol. The van der Waals surface area contributed by atoms with Crippen molar-refractivity contribution in [3.8, 4) is 33.4 Å². The highest BCUT2D eigenvalue weighted by Crippen LogP contribution is 2.41. The Labute approximate surface area is 376 Å². The van der Waals surface area contributed by atoms with Gasteiger partial charge in [0.2, 0.25) is 0 Å². The van der Waals surface area contributed by atoms with Crippen LogP contribution in [0.1, 0.15) is 30.7 Å². The van der Waals surface area contributed by atoms with Gasteiger partial charge >= 0.3 is 0 Å². The van der Waals surface area contributed by atoms with Gasteiger partial charge in [-0.3, -0.25) is 0 Å². The summed E-state index contributed by atoms with van der Waals surface area (Å²) in [4.78, 5) is 4.75. The van der Waals surface area contributed by atoms with Gasteiger partial charge < -0.3 is 9.80 Å². The Hall–Kier alpha value is -7.94. The fourth-order valence-electron chi connectivity index (χ4n) is 9.49. The molecule has 10 aromatic rings. The lowest BCUT2D eigenvalue weighted by Crippen LogP contribution is -2.10. The van der Waals surface area contributed by atoms with Crippen LogP contribution in [-0.2, 0) is 0 Å². The van der Waals surface area contributed by atoms with E-state index in [2.05, 4.69) is 259 Å². The normalized spacial score (nSPS) is 13.5. The van der Waals surface area contributed by atoms with E-state index in [1.165, 1.54) is 66.9 Å². The van der Waals surface area contributed by atoms with Gasteiger partial charge in [0.1, 0.15) is 0 Å². The summed E-state index contributed by atoms with van der Waals surface area (Å²) in [7, 11) is 0. The molecule has 306 valence electrons. The number of anilines is 6. The summed E-state index contributed by atoms with van der Waals surface area (Å²) in [5.41, 5.74) is 15.3. The summed E-state index contributed by atoms with van der Waals surface area (Å²) in [5.74, 6) is 0.587. The van der Waals surface area contributed by atoms with Crippen LogP contribution in [0, 0.1) is 0 Å². The molecule has 0 bridgehead atoms. The minimum Gasteiger partial charge on any atom is -0.311 e. The second-order valence-electron chi connectivity index (χ2n) is 16.9. The summed E-state index contributed by atoms with van der Waals surface area (Å²) >= 11 is 0. The van der Waals surface area contributed by atoms with E-state index in [-0.39, 0.29) is 0 Å². The Kier molecular flexibility index (Phi) is 10.6. The Morgan fingerprint density at radius 2 is 0.672 bits per heavy atom. The number of hydrogen-bond acceptors (Lipinski definition) is 2. The molecule has 1 aliphatic rings. The molecule has 1 atom stereocenters. The molecule has 0 saturated heterocycles. The van der Waals surface area contributed by atoms with Gasteiger partial charge in [-0.1, -0.05) is 176 Å². The monoisotopic (exact) mass is 820 g/mol. The number of fused-ring (bicyclic) bond motifs is 3. The Morgan fingerprint density at radius 3 is 1.14 bits per heavy atom. The average Bonchev–Trinajstić information content (AvgIpc) is 3.38. The fourth-order valence-corrected chi connectivity index (χ4v) is 9.49. The Morgan fingerprint density at radius 1 is 0.297 bits per heavy atom. The molecule has 0 aliphatic heterocycles. The first-order valence-corrected chi connectivity index (χ1v) is 22.5. The molecule has 1 unspecified atom stereocenters. The molecule has 10 aromatic carbocycles. The third-order valence-electron chi connectivity index (χ3n) is 12.9. The van der Waals surface area contributed by atoms with Crippen LogP contribution in [0.15, 0.2) is 249 Å². The molecule has 64 heavy (non-hydrogen) atoms. The van der Waals surface area contributed by atoms with E-state index in [9.17, 15) is 0 Å². The van der Waals surface area contributed by atoms with E-state index in [1.807, 2.05) is 0 Å². The molecule has 0 heterocycles. The molecule has 0 aromatic heterocycles. The van der Waals surface area contributed by atoms with E-state index in [0.29, 0.717) is 5.92 Å². The highest BCUT2D eigenvalue weighted by molar-refractivity contribution is 6.09. The van der Waals surface area contributed by atoms with Crippen LogP contribution in [0.4, 0.5) is 34.1 Å². The molecule has 0 fully saturated rings. The summed E-state index contributed by atoms with van der Waals surface area (Å²) in [5, 5.41) is 4.99. The molecule has 2 nitrogen and oxygen atoms in total. The van der Waals surface area contributed by atoms with Gasteiger partial charge in [0, 0.05) is 34.1 Å². The van der Waals surface area contributed by atoms with Gasteiger partial charge in [-0.2, -0.15) is 0 Å². The van der Waals surface area contributed by atoms with E-state index in [0.717, 1.165) is 47.0 Å². The molecule has 2 heteroatoms. The van der Waals surface area contributed by atoms with E-state index >= 15 is 0 Å². The zero-order valence-corrected chi connectivity index (χ0v) is 35.8. The lowest BCUT2D eigenvalue weighted by Gasteiger charge is -2.27. The SMILES string of the molecule is C1=CCC(c2ccc(N(c3ccc(-c4ccccc4)cc3)c3ccc(-c4ccc(N(c5ccc(-c6ccccc6)cc5)c5ccc6ccc7ccccc7c6c5)cc4)cc3)cc2)CC1. The molecular formula is C62H48N2. The van der Waals surface area contributed by atoms with Crippen LogP contribution in [0.5, 0.6) is 0 Å². The number of benzene rings is 10. The highest BCUT2D eigenvalue weighted by Gasteiger charge is 2.18. The zero-order valence-electron chi connectivity index (χ0n) is 35.8. The van der Waals surface area contributed by atoms with Crippen LogP contribution in [-0.4, -0.2) is 0 Å². The molecule has 0 saturated carbocycles. The lowest BCUT2D eigenvalue weighted by atomic mass is 9.88. The van der Waals surface area contributed by atoms with E-state index in [1.54, 1.807) is 0 Å². The smallest absolute Gasteiger partial charge is 0.0468 e. The predicted octanol–water partition coefficient (Wildman–Crippen LogP) is 17.8. The third kappa shape index (κ3) is 7.87. The van der Waals surface area contributed by atoms with Crippen molar-refractivity contribution in [3.05, 3.63) is 254 Å². The van der Waals surface area contributed by atoms with Crippen LogP contribution in [0.2, 0.25) is 0 Å². The van der Waals surface area contributed by atoms with Gasteiger partial charge in [0.05, 0.1) is 0 Å². The first-order valence-electron chi connectivity index (χ1n) is 22.5. The van der Waals surface area contributed by atoms with Gasteiger partial charge in [0.15, 0.2) is 0 Å². The van der Waals surface area contributed by atoms with Crippen LogP contribution >= 0.6 is 0 Å². The number of rotatable bonds is 10. The number of hydrogen-bond donors (Lipinski definition) is 0. The standard InChI is InChI=1S/C62H48N2/c1-4-12-45(13-5-1)48-22-33-55(34-23-48)63(56-35-24-49(25-36-56)46-14-6-2-7-15-46)57-37-28-51(29-38-57)52-30-41-59(42-31-52)64(58-39-26-50(27-40-58)47-16-8-3-9-17-47)60-43-32-54-21-20-53-18-10-11-19-61(53)62(54)44-60/h1-6,8-13,16-44,46H,7,14-15H2. The van der Waals surface area contributed by atoms with Crippen LogP contribution in [0.3, 0.4) is 0 Å². The first kappa shape index (κ1) is 38.9. The van der Waals surface area contributed by atoms with Gasteiger partial charge in [-0.05, 0) is 158 Å². The molecule has 0 amide bonds. The van der Waals surface area contributed by atoms with E-state index in [4.69, 9.17) is 0 Å². The molecule has 0 radical (unpaired) electrons. The topological polar surface area (TPSA) is 6.48 Å². The largest absolute Gasteiger partial charge is 0.311 e. The summed E-state index contributed by atoms with van der Waals surface area (Å²) in [6.07, 6.45) is 8.14.